The Morgan fingerprint density at radius 3 is 2.26 bits per heavy atom. The van der Waals surface area contributed by atoms with Crippen molar-refractivity contribution in [2.24, 2.45) is 23.5 Å². The number of nitrogens with zero attached hydrogens (tertiary/aromatic N) is 1. The SMILES string of the molecule is Cc1[nH]c(C23CC4CC(CC(C4)C2)C3)nc1CCN. The Bertz CT molecular complexity index is 453. The van der Waals surface area contributed by atoms with Crippen LogP contribution in [0.4, 0.5) is 0 Å². The van der Waals surface area contributed by atoms with Crippen LogP contribution >= 0.6 is 0 Å². The average Bonchev–Trinajstić information content (AvgIpc) is 2.70. The molecular weight excluding hydrogens is 234 g/mol. The molecule has 4 saturated carbocycles. The Balaban J connectivity index is 1.69. The molecule has 0 amide bonds. The molecule has 0 atom stereocenters. The smallest absolute Gasteiger partial charge is 0.112 e. The number of H-pyrrole nitrogens is 1. The monoisotopic (exact) mass is 259 g/mol. The molecule has 19 heavy (non-hydrogen) atoms. The van der Waals surface area contributed by atoms with E-state index in [1.54, 1.807) is 0 Å². The van der Waals surface area contributed by atoms with Crippen molar-refractivity contribution in [3.63, 3.8) is 0 Å². The third kappa shape index (κ3) is 1.78. The Morgan fingerprint density at radius 1 is 1.16 bits per heavy atom. The van der Waals surface area contributed by atoms with Crippen LogP contribution in [-0.2, 0) is 11.8 Å². The largest absolute Gasteiger partial charge is 0.345 e. The van der Waals surface area contributed by atoms with Crippen molar-refractivity contribution in [2.75, 3.05) is 6.54 Å². The van der Waals surface area contributed by atoms with E-state index in [-0.39, 0.29) is 0 Å². The van der Waals surface area contributed by atoms with E-state index < -0.39 is 0 Å². The first-order chi connectivity index (χ1) is 9.18. The summed E-state index contributed by atoms with van der Waals surface area (Å²) in [4.78, 5) is 8.57. The number of rotatable bonds is 3. The van der Waals surface area contributed by atoms with Crippen LogP contribution in [0.5, 0.6) is 0 Å². The molecule has 3 N–H and O–H groups in total. The molecule has 0 spiro atoms. The molecule has 104 valence electrons. The van der Waals surface area contributed by atoms with E-state index in [9.17, 15) is 0 Å². The summed E-state index contributed by atoms with van der Waals surface area (Å²) in [5, 5.41) is 0. The van der Waals surface area contributed by atoms with Gasteiger partial charge in [0.2, 0.25) is 0 Å². The van der Waals surface area contributed by atoms with Crippen molar-refractivity contribution in [3.8, 4) is 0 Å². The molecular formula is C16H25N3. The van der Waals surface area contributed by atoms with Gasteiger partial charge in [0.25, 0.3) is 0 Å². The number of aromatic amines is 1. The first-order valence-corrected chi connectivity index (χ1v) is 7.94. The predicted molar refractivity (Wildman–Crippen MR) is 75.9 cm³/mol. The van der Waals surface area contributed by atoms with Crippen molar-refractivity contribution in [2.45, 2.75) is 57.3 Å². The van der Waals surface area contributed by atoms with Gasteiger partial charge in [0, 0.05) is 17.5 Å². The van der Waals surface area contributed by atoms with Gasteiger partial charge in [-0.05, 0) is 69.7 Å². The molecule has 4 aliphatic carbocycles. The summed E-state index contributed by atoms with van der Waals surface area (Å²) in [5.74, 6) is 4.24. The molecule has 3 heteroatoms. The minimum absolute atomic E-state index is 0.395. The molecule has 0 aromatic carbocycles. The number of nitrogens with one attached hydrogen (secondary N) is 1. The third-order valence-corrected chi connectivity index (χ3v) is 5.91. The molecule has 0 aliphatic heterocycles. The third-order valence-electron chi connectivity index (χ3n) is 5.91. The quantitative estimate of drug-likeness (QED) is 0.877. The predicted octanol–water partition coefficient (Wildman–Crippen LogP) is 2.69. The van der Waals surface area contributed by atoms with E-state index in [0.29, 0.717) is 12.0 Å². The van der Waals surface area contributed by atoms with Crippen molar-refractivity contribution in [3.05, 3.63) is 17.2 Å². The highest BCUT2D eigenvalue weighted by Crippen LogP contribution is 2.60. The molecule has 4 aliphatic rings. The average molecular weight is 259 g/mol. The van der Waals surface area contributed by atoms with E-state index in [1.807, 2.05) is 0 Å². The van der Waals surface area contributed by atoms with Gasteiger partial charge in [-0.3, -0.25) is 0 Å². The number of imidazole rings is 1. The molecule has 1 aromatic heterocycles. The zero-order valence-corrected chi connectivity index (χ0v) is 11.9. The van der Waals surface area contributed by atoms with Gasteiger partial charge < -0.3 is 10.7 Å². The van der Waals surface area contributed by atoms with Gasteiger partial charge >= 0.3 is 0 Å². The van der Waals surface area contributed by atoms with Gasteiger partial charge in [-0.2, -0.15) is 0 Å². The molecule has 4 fully saturated rings. The first-order valence-electron chi connectivity index (χ1n) is 7.94. The Kier molecular flexibility index (Phi) is 2.57. The number of hydrogen-bond donors (Lipinski definition) is 2. The number of nitrogens with two attached hydrogens (primary N) is 1. The highest BCUT2D eigenvalue weighted by Gasteiger charge is 2.53. The fraction of sp³-hybridized carbons (Fsp3) is 0.812. The number of aromatic nitrogens is 2. The zero-order valence-electron chi connectivity index (χ0n) is 11.9. The molecule has 0 radical (unpaired) electrons. The van der Waals surface area contributed by atoms with Crippen LogP contribution in [0.1, 0.15) is 55.7 Å². The van der Waals surface area contributed by atoms with Crippen molar-refractivity contribution >= 4 is 0 Å². The van der Waals surface area contributed by atoms with E-state index in [0.717, 1.165) is 24.2 Å². The minimum Gasteiger partial charge on any atom is -0.345 e. The van der Waals surface area contributed by atoms with E-state index >= 15 is 0 Å². The lowest BCUT2D eigenvalue weighted by molar-refractivity contribution is -0.00908. The summed E-state index contributed by atoms with van der Waals surface area (Å²) in [6.45, 7) is 2.86. The van der Waals surface area contributed by atoms with E-state index in [2.05, 4.69) is 11.9 Å². The Morgan fingerprint density at radius 2 is 1.74 bits per heavy atom. The van der Waals surface area contributed by atoms with Crippen LogP contribution in [0.2, 0.25) is 0 Å². The second-order valence-electron chi connectivity index (χ2n) is 7.39. The maximum absolute atomic E-state index is 5.69. The van der Waals surface area contributed by atoms with Crippen LogP contribution in [0.15, 0.2) is 0 Å². The standard InChI is InChI=1S/C16H25N3/c1-10-14(2-3-17)19-15(18-10)16-7-11-4-12(8-16)6-13(5-11)9-16/h11-13H,2-9,17H2,1H3,(H,18,19). The maximum atomic E-state index is 5.69. The molecule has 1 heterocycles. The molecule has 1 aromatic rings. The van der Waals surface area contributed by atoms with E-state index in [1.165, 1.54) is 55.7 Å². The second-order valence-corrected chi connectivity index (χ2v) is 7.39. The van der Waals surface area contributed by atoms with Gasteiger partial charge in [-0.1, -0.05) is 0 Å². The minimum atomic E-state index is 0.395. The Hall–Kier alpha value is -0.830. The van der Waals surface area contributed by atoms with E-state index in [4.69, 9.17) is 10.7 Å². The van der Waals surface area contributed by atoms with Gasteiger partial charge in [-0.15, -0.1) is 0 Å². The summed E-state index contributed by atoms with van der Waals surface area (Å²) >= 11 is 0. The van der Waals surface area contributed by atoms with Crippen LogP contribution in [0.3, 0.4) is 0 Å². The van der Waals surface area contributed by atoms with Crippen LogP contribution in [-0.4, -0.2) is 16.5 Å². The highest BCUT2D eigenvalue weighted by atomic mass is 15.0. The summed E-state index contributed by atoms with van der Waals surface area (Å²) in [6.07, 6.45) is 9.54. The topological polar surface area (TPSA) is 54.7 Å². The molecule has 3 nitrogen and oxygen atoms in total. The summed E-state index contributed by atoms with van der Waals surface area (Å²) in [7, 11) is 0. The van der Waals surface area contributed by atoms with Crippen molar-refractivity contribution in [1.29, 1.82) is 0 Å². The number of hydrogen-bond acceptors (Lipinski definition) is 2. The van der Waals surface area contributed by atoms with Crippen molar-refractivity contribution < 1.29 is 0 Å². The zero-order chi connectivity index (χ0) is 13.0. The fourth-order valence-electron chi connectivity index (χ4n) is 5.53. The molecule has 4 bridgehead atoms. The van der Waals surface area contributed by atoms with Gasteiger partial charge in [-0.25, -0.2) is 4.98 Å². The van der Waals surface area contributed by atoms with Crippen LogP contribution in [0.25, 0.3) is 0 Å². The van der Waals surface area contributed by atoms with Gasteiger partial charge in [0.05, 0.1) is 5.69 Å². The Labute approximate surface area is 115 Å². The second kappa shape index (κ2) is 4.08. The lowest BCUT2D eigenvalue weighted by atomic mass is 9.49. The van der Waals surface area contributed by atoms with Crippen molar-refractivity contribution in [1.82, 2.24) is 9.97 Å². The number of aryl methyl sites for hydroxylation is 1. The first kappa shape index (κ1) is 12.0. The lowest BCUT2D eigenvalue weighted by Gasteiger charge is -2.56. The molecule has 5 rings (SSSR count). The van der Waals surface area contributed by atoms with Crippen LogP contribution < -0.4 is 5.73 Å². The summed E-state index contributed by atoms with van der Waals surface area (Å²) < 4.78 is 0. The maximum Gasteiger partial charge on any atom is 0.112 e. The summed E-state index contributed by atoms with van der Waals surface area (Å²) in [6, 6.07) is 0. The highest BCUT2D eigenvalue weighted by molar-refractivity contribution is 5.23. The normalized spacial score (nSPS) is 40.0. The van der Waals surface area contributed by atoms with Gasteiger partial charge in [0.15, 0.2) is 0 Å². The lowest BCUT2D eigenvalue weighted by Crippen LogP contribution is -2.49. The molecule has 0 unspecified atom stereocenters. The molecule has 0 saturated heterocycles. The summed E-state index contributed by atoms with van der Waals surface area (Å²) in [5.41, 5.74) is 8.53. The van der Waals surface area contributed by atoms with Crippen LogP contribution in [0, 0.1) is 24.7 Å². The fourth-order valence-corrected chi connectivity index (χ4v) is 5.53. The van der Waals surface area contributed by atoms with Gasteiger partial charge in [0.1, 0.15) is 5.82 Å².